The molecule has 1 aromatic heterocycles. The molecule has 0 fully saturated rings. The zero-order valence-electron chi connectivity index (χ0n) is 8.66. The predicted octanol–water partition coefficient (Wildman–Crippen LogP) is -1.03. The van der Waals surface area contributed by atoms with Crippen molar-refractivity contribution in [1.82, 2.24) is 20.7 Å². The number of imidazole rings is 1. The van der Waals surface area contributed by atoms with E-state index in [1.165, 1.54) is 0 Å². The lowest BCUT2D eigenvalue weighted by atomic mass is 10.5. The molecule has 5 N–H and O–H groups in total. The second kappa shape index (κ2) is 6.80. The highest BCUT2D eigenvalue weighted by Gasteiger charge is 1.95. The Labute approximate surface area is 88.1 Å². The van der Waals surface area contributed by atoms with Gasteiger partial charge >= 0.3 is 0 Å². The molecule has 1 rings (SSSR count). The van der Waals surface area contributed by atoms with Crippen LogP contribution in [0.1, 0.15) is 5.69 Å². The van der Waals surface area contributed by atoms with Gasteiger partial charge in [-0.25, -0.2) is 15.8 Å². The van der Waals surface area contributed by atoms with Gasteiger partial charge in [0.2, 0.25) is 5.96 Å². The number of aromatic nitrogens is 2. The molecule has 84 valence electrons. The van der Waals surface area contributed by atoms with E-state index < -0.39 is 0 Å². The number of aromatic amines is 1. The standard InChI is InChI=1S/C8H16N6O/c1-15-3-2-11-8(14-9)12-5-7-4-10-6-13-7/h4,6H,2-3,5,9H2,1H3,(H,10,13)(H2,11,12,14). The molecule has 0 aliphatic carbocycles. The number of rotatable bonds is 5. The van der Waals surface area contributed by atoms with Crippen LogP contribution in [0.3, 0.4) is 0 Å². The van der Waals surface area contributed by atoms with Crippen molar-refractivity contribution in [2.24, 2.45) is 10.8 Å². The number of hydrogen-bond acceptors (Lipinski definition) is 4. The Balaban J connectivity index is 2.33. The Kier molecular flexibility index (Phi) is 5.20. The number of nitrogens with zero attached hydrogens (tertiary/aromatic N) is 2. The summed E-state index contributed by atoms with van der Waals surface area (Å²) in [4.78, 5) is 11.0. The summed E-state index contributed by atoms with van der Waals surface area (Å²) in [6.07, 6.45) is 3.32. The molecule has 7 heteroatoms. The number of hydrogen-bond donors (Lipinski definition) is 4. The van der Waals surface area contributed by atoms with Crippen LogP contribution in [0.2, 0.25) is 0 Å². The zero-order valence-corrected chi connectivity index (χ0v) is 8.66. The Morgan fingerprint density at radius 1 is 1.73 bits per heavy atom. The number of ether oxygens (including phenoxy) is 1. The van der Waals surface area contributed by atoms with Gasteiger partial charge in [-0.05, 0) is 0 Å². The molecule has 15 heavy (non-hydrogen) atoms. The number of methoxy groups -OCH3 is 1. The Bertz CT molecular complexity index is 283. The molecule has 0 aromatic carbocycles. The molecule has 7 nitrogen and oxygen atoms in total. The van der Waals surface area contributed by atoms with Crippen LogP contribution in [0.4, 0.5) is 0 Å². The highest BCUT2D eigenvalue weighted by atomic mass is 16.5. The van der Waals surface area contributed by atoms with E-state index in [9.17, 15) is 0 Å². The quantitative estimate of drug-likeness (QED) is 0.164. The van der Waals surface area contributed by atoms with Crippen LogP contribution in [-0.2, 0) is 11.3 Å². The first kappa shape index (κ1) is 11.5. The monoisotopic (exact) mass is 212 g/mol. The van der Waals surface area contributed by atoms with Crippen molar-refractivity contribution in [3.05, 3.63) is 18.2 Å². The Hall–Kier alpha value is -1.60. The van der Waals surface area contributed by atoms with Crippen LogP contribution in [0.25, 0.3) is 0 Å². The highest BCUT2D eigenvalue weighted by molar-refractivity contribution is 5.79. The molecule has 1 aromatic rings. The van der Waals surface area contributed by atoms with E-state index >= 15 is 0 Å². The summed E-state index contributed by atoms with van der Waals surface area (Å²) in [5, 5.41) is 2.99. The van der Waals surface area contributed by atoms with Gasteiger partial charge in [-0.1, -0.05) is 0 Å². The summed E-state index contributed by atoms with van der Waals surface area (Å²) >= 11 is 0. The third kappa shape index (κ3) is 4.43. The number of hydrazine groups is 1. The average molecular weight is 212 g/mol. The van der Waals surface area contributed by atoms with Gasteiger partial charge in [0.05, 0.1) is 25.2 Å². The van der Waals surface area contributed by atoms with E-state index in [0.717, 1.165) is 5.69 Å². The second-order valence-electron chi connectivity index (χ2n) is 2.81. The van der Waals surface area contributed by atoms with Crippen LogP contribution in [0, 0.1) is 0 Å². The zero-order chi connectivity index (χ0) is 10.9. The topological polar surface area (TPSA) is 100 Å². The molecule has 0 radical (unpaired) electrons. The molecule has 0 aliphatic rings. The SMILES string of the molecule is COCCNC(=NCc1cnc[nH]1)NN. The van der Waals surface area contributed by atoms with E-state index in [4.69, 9.17) is 10.6 Å². The first-order chi connectivity index (χ1) is 7.36. The summed E-state index contributed by atoms with van der Waals surface area (Å²) in [5.74, 6) is 5.81. The van der Waals surface area contributed by atoms with Crippen molar-refractivity contribution in [3.63, 3.8) is 0 Å². The normalized spacial score (nSPS) is 11.5. The molecule has 0 aliphatic heterocycles. The molecule has 1 heterocycles. The number of aliphatic imine (C=N–C) groups is 1. The fourth-order valence-corrected chi connectivity index (χ4v) is 0.959. The van der Waals surface area contributed by atoms with Gasteiger partial charge in [0.15, 0.2) is 0 Å². The van der Waals surface area contributed by atoms with Crippen molar-refractivity contribution in [2.45, 2.75) is 6.54 Å². The van der Waals surface area contributed by atoms with Gasteiger partial charge in [-0.15, -0.1) is 0 Å². The smallest absolute Gasteiger partial charge is 0.206 e. The fourth-order valence-electron chi connectivity index (χ4n) is 0.959. The van der Waals surface area contributed by atoms with E-state index in [2.05, 4.69) is 25.7 Å². The van der Waals surface area contributed by atoms with Crippen LogP contribution < -0.4 is 16.6 Å². The summed E-state index contributed by atoms with van der Waals surface area (Å²) < 4.78 is 4.88. The lowest BCUT2D eigenvalue weighted by Crippen LogP contribution is -2.42. The second-order valence-corrected chi connectivity index (χ2v) is 2.81. The van der Waals surface area contributed by atoms with Gasteiger partial charge < -0.3 is 15.0 Å². The largest absolute Gasteiger partial charge is 0.383 e. The van der Waals surface area contributed by atoms with Gasteiger partial charge in [0.1, 0.15) is 0 Å². The molecule has 0 amide bonds. The van der Waals surface area contributed by atoms with E-state index in [-0.39, 0.29) is 0 Å². The van der Waals surface area contributed by atoms with Gasteiger partial charge in [-0.3, -0.25) is 5.43 Å². The van der Waals surface area contributed by atoms with Crippen molar-refractivity contribution in [1.29, 1.82) is 0 Å². The first-order valence-electron chi connectivity index (χ1n) is 4.58. The number of nitrogens with two attached hydrogens (primary N) is 1. The molecule has 0 unspecified atom stereocenters. The molecular weight excluding hydrogens is 196 g/mol. The van der Waals surface area contributed by atoms with Gasteiger partial charge in [0, 0.05) is 19.9 Å². The number of H-pyrrole nitrogens is 1. The number of nitrogens with one attached hydrogen (secondary N) is 3. The summed E-state index contributed by atoms with van der Waals surface area (Å²) in [6, 6.07) is 0. The molecule has 0 bridgehead atoms. The molecule has 0 saturated carbocycles. The maximum Gasteiger partial charge on any atom is 0.206 e. The summed E-state index contributed by atoms with van der Waals surface area (Å²) in [6.45, 7) is 1.76. The van der Waals surface area contributed by atoms with Crippen LogP contribution in [0.5, 0.6) is 0 Å². The van der Waals surface area contributed by atoms with Gasteiger partial charge in [-0.2, -0.15) is 0 Å². The third-order valence-corrected chi connectivity index (χ3v) is 1.70. The minimum atomic E-state index is 0.500. The van der Waals surface area contributed by atoms with Crippen LogP contribution in [0.15, 0.2) is 17.5 Å². The van der Waals surface area contributed by atoms with Gasteiger partial charge in [0.25, 0.3) is 0 Å². The average Bonchev–Trinajstić information content (AvgIpc) is 2.76. The fraction of sp³-hybridized carbons (Fsp3) is 0.500. The molecular formula is C8H16N6O. The maximum absolute atomic E-state index is 5.28. The third-order valence-electron chi connectivity index (χ3n) is 1.70. The summed E-state index contributed by atoms with van der Waals surface area (Å²) in [5.41, 5.74) is 3.40. The Morgan fingerprint density at radius 2 is 2.60 bits per heavy atom. The minimum Gasteiger partial charge on any atom is -0.383 e. The van der Waals surface area contributed by atoms with Crippen molar-refractivity contribution in [2.75, 3.05) is 20.3 Å². The number of guanidine groups is 1. The maximum atomic E-state index is 5.28. The van der Waals surface area contributed by atoms with E-state index in [1.807, 2.05) is 0 Å². The minimum absolute atomic E-state index is 0.500. The summed E-state index contributed by atoms with van der Waals surface area (Å²) in [7, 11) is 1.64. The molecule has 0 saturated heterocycles. The first-order valence-corrected chi connectivity index (χ1v) is 4.58. The van der Waals surface area contributed by atoms with Crippen LogP contribution >= 0.6 is 0 Å². The lowest BCUT2D eigenvalue weighted by Gasteiger charge is -2.07. The van der Waals surface area contributed by atoms with E-state index in [0.29, 0.717) is 25.7 Å². The molecule has 0 spiro atoms. The Morgan fingerprint density at radius 3 is 3.20 bits per heavy atom. The lowest BCUT2D eigenvalue weighted by molar-refractivity contribution is 0.203. The highest BCUT2D eigenvalue weighted by Crippen LogP contribution is 1.92. The molecule has 0 atom stereocenters. The van der Waals surface area contributed by atoms with Crippen molar-refractivity contribution < 1.29 is 4.74 Å². The van der Waals surface area contributed by atoms with E-state index in [1.54, 1.807) is 19.6 Å². The van der Waals surface area contributed by atoms with Crippen molar-refractivity contribution in [3.8, 4) is 0 Å². The predicted molar refractivity (Wildman–Crippen MR) is 56.9 cm³/mol. The van der Waals surface area contributed by atoms with Crippen LogP contribution in [-0.4, -0.2) is 36.2 Å². The van der Waals surface area contributed by atoms with Crippen molar-refractivity contribution >= 4 is 5.96 Å².